The van der Waals surface area contributed by atoms with Gasteiger partial charge in [-0.3, -0.25) is 0 Å². The van der Waals surface area contributed by atoms with Gasteiger partial charge in [0.05, 0.1) is 11.8 Å². The van der Waals surface area contributed by atoms with E-state index in [1.54, 1.807) is 18.3 Å². The van der Waals surface area contributed by atoms with Gasteiger partial charge in [0.25, 0.3) is 0 Å². The van der Waals surface area contributed by atoms with Crippen molar-refractivity contribution >= 4 is 23.5 Å². The average Bonchev–Trinajstić information content (AvgIpc) is 2.69. The molecule has 1 aromatic heterocycles. The lowest BCUT2D eigenvalue weighted by Crippen LogP contribution is -2.45. The Morgan fingerprint density at radius 3 is 2.62 bits per heavy atom. The Kier molecular flexibility index (Phi) is 7.52. The first-order valence-corrected chi connectivity index (χ1v) is 10.9. The topological polar surface area (TPSA) is 88.2 Å². The number of rotatable bonds is 6. The summed E-state index contributed by atoms with van der Waals surface area (Å²) >= 11 is 0. The molecule has 0 aliphatic heterocycles. The van der Waals surface area contributed by atoms with Crippen molar-refractivity contribution in [3.8, 4) is 11.8 Å². The highest BCUT2D eigenvalue weighted by molar-refractivity contribution is 5.68. The summed E-state index contributed by atoms with van der Waals surface area (Å²) in [7, 11) is 0. The van der Waals surface area contributed by atoms with E-state index in [2.05, 4.69) is 44.7 Å². The van der Waals surface area contributed by atoms with E-state index in [1.165, 1.54) is 12.1 Å². The van der Waals surface area contributed by atoms with E-state index in [1.807, 2.05) is 20.8 Å². The molecule has 0 atom stereocenters. The van der Waals surface area contributed by atoms with E-state index >= 15 is 0 Å². The lowest BCUT2D eigenvalue weighted by molar-refractivity contribution is 0.0467. The molecule has 7 nitrogen and oxygen atoms in total. The minimum absolute atomic E-state index is 0.0837. The predicted octanol–water partition coefficient (Wildman–Crippen LogP) is 4.84. The molecule has 0 radical (unpaired) electrons. The Balaban J connectivity index is 1.61. The first-order valence-electron chi connectivity index (χ1n) is 10.9. The summed E-state index contributed by atoms with van der Waals surface area (Å²) in [6.45, 7) is 8.35. The van der Waals surface area contributed by atoms with E-state index in [-0.39, 0.29) is 17.8 Å². The van der Waals surface area contributed by atoms with Crippen LogP contribution in [0.5, 0.6) is 0 Å². The van der Waals surface area contributed by atoms with Gasteiger partial charge in [0, 0.05) is 24.2 Å². The van der Waals surface area contributed by atoms with Crippen LogP contribution < -0.4 is 16.0 Å². The number of nitrogens with one attached hydrogen (secondary N) is 3. The number of hydrogen-bond donors (Lipinski definition) is 3. The molecule has 0 unspecified atom stereocenters. The number of ether oxygens (including phenoxy) is 1. The number of halogens is 1. The SMILES string of the molecule is CCCNc1nc(Nc2ccc(F)cc2)ncc1C#C[C@H]1C[C@@H](NC(=O)OC(C)(C)C)C1. The lowest BCUT2D eigenvalue weighted by Gasteiger charge is -2.33. The van der Waals surface area contributed by atoms with Crippen LogP contribution in [0.25, 0.3) is 0 Å². The van der Waals surface area contributed by atoms with Crippen molar-refractivity contribution in [2.45, 2.75) is 58.6 Å². The van der Waals surface area contributed by atoms with Gasteiger partial charge in [0.15, 0.2) is 0 Å². The number of alkyl carbamates (subject to hydrolysis) is 1. The number of benzene rings is 1. The molecule has 1 aliphatic carbocycles. The van der Waals surface area contributed by atoms with Crippen molar-refractivity contribution in [1.82, 2.24) is 15.3 Å². The smallest absolute Gasteiger partial charge is 0.407 e. The molecule has 0 saturated heterocycles. The van der Waals surface area contributed by atoms with Gasteiger partial charge in [-0.2, -0.15) is 4.98 Å². The molecule has 1 saturated carbocycles. The first-order chi connectivity index (χ1) is 15.2. The molecule has 8 heteroatoms. The number of nitrogens with zero attached hydrogens (tertiary/aromatic N) is 2. The van der Waals surface area contributed by atoms with Crippen LogP contribution in [0.3, 0.4) is 0 Å². The van der Waals surface area contributed by atoms with Crippen LogP contribution in [-0.4, -0.2) is 34.2 Å². The van der Waals surface area contributed by atoms with Crippen molar-refractivity contribution < 1.29 is 13.9 Å². The van der Waals surface area contributed by atoms with Crippen molar-refractivity contribution in [3.05, 3.63) is 41.8 Å². The summed E-state index contributed by atoms with van der Waals surface area (Å²) in [5, 5.41) is 9.24. The fraction of sp³-hybridized carbons (Fsp3) is 0.458. The van der Waals surface area contributed by atoms with Gasteiger partial charge < -0.3 is 20.7 Å². The van der Waals surface area contributed by atoms with E-state index in [4.69, 9.17) is 4.74 Å². The zero-order valence-electron chi connectivity index (χ0n) is 19.0. The summed E-state index contributed by atoms with van der Waals surface area (Å²) in [6.07, 6.45) is 3.80. The maximum atomic E-state index is 13.1. The predicted molar refractivity (Wildman–Crippen MR) is 123 cm³/mol. The minimum Gasteiger partial charge on any atom is -0.444 e. The second kappa shape index (κ2) is 10.3. The molecule has 3 N–H and O–H groups in total. The van der Waals surface area contributed by atoms with Crippen LogP contribution >= 0.6 is 0 Å². The molecule has 0 spiro atoms. The monoisotopic (exact) mass is 439 g/mol. The highest BCUT2D eigenvalue weighted by Gasteiger charge is 2.30. The summed E-state index contributed by atoms with van der Waals surface area (Å²) in [5.41, 5.74) is 0.906. The highest BCUT2D eigenvalue weighted by Crippen LogP contribution is 2.27. The molecule has 170 valence electrons. The third kappa shape index (κ3) is 7.12. The molecule has 1 aromatic carbocycles. The number of anilines is 3. The Morgan fingerprint density at radius 1 is 1.25 bits per heavy atom. The normalized spacial score (nSPS) is 17.4. The van der Waals surface area contributed by atoms with Crippen LogP contribution in [-0.2, 0) is 4.74 Å². The van der Waals surface area contributed by atoms with E-state index in [0.717, 1.165) is 25.8 Å². The van der Waals surface area contributed by atoms with E-state index < -0.39 is 11.7 Å². The molecule has 1 fully saturated rings. The Bertz CT molecular complexity index is 986. The second-order valence-corrected chi connectivity index (χ2v) is 8.80. The Hall–Kier alpha value is -3.34. The molecule has 2 aromatic rings. The number of amides is 1. The summed E-state index contributed by atoms with van der Waals surface area (Å²) in [6, 6.07) is 6.10. The zero-order chi connectivity index (χ0) is 23.1. The van der Waals surface area contributed by atoms with Crippen molar-refractivity contribution in [1.29, 1.82) is 0 Å². The van der Waals surface area contributed by atoms with Crippen LogP contribution in [0.15, 0.2) is 30.5 Å². The van der Waals surface area contributed by atoms with Gasteiger partial charge in [-0.05, 0) is 64.3 Å². The van der Waals surface area contributed by atoms with Gasteiger partial charge in [0.2, 0.25) is 5.95 Å². The Morgan fingerprint density at radius 2 is 1.97 bits per heavy atom. The number of hydrogen-bond acceptors (Lipinski definition) is 6. The number of carbonyl (C=O) groups is 1. The fourth-order valence-electron chi connectivity index (χ4n) is 3.08. The van der Waals surface area contributed by atoms with Crippen LogP contribution in [0.2, 0.25) is 0 Å². The largest absolute Gasteiger partial charge is 0.444 e. The summed E-state index contributed by atoms with van der Waals surface area (Å²) in [4.78, 5) is 20.7. The minimum atomic E-state index is -0.507. The van der Waals surface area contributed by atoms with Gasteiger partial charge in [-0.25, -0.2) is 14.2 Å². The average molecular weight is 440 g/mol. The van der Waals surface area contributed by atoms with Crippen LogP contribution in [0, 0.1) is 23.6 Å². The standard InChI is InChI=1S/C24H30FN5O2/c1-5-12-26-21-17(15-27-22(30-21)28-19-10-8-18(25)9-11-19)7-6-16-13-20(14-16)29-23(31)32-24(2,3)4/h8-11,15-16,20H,5,12-14H2,1-4H3,(H,29,31)(H2,26,27,28,30)/t16-,20+. The third-order valence-electron chi connectivity index (χ3n) is 4.70. The fourth-order valence-corrected chi connectivity index (χ4v) is 3.08. The highest BCUT2D eigenvalue weighted by atomic mass is 19.1. The van der Waals surface area contributed by atoms with E-state index in [9.17, 15) is 9.18 Å². The molecule has 1 heterocycles. The van der Waals surface area contributed by atoms with Crippen LogP contribution in [0.1, 0.15) is 52.5 Å². The molecule has 32 heavy (non-hydrogen) atoms. The van der Waals surface area contributed by atoms with Gasteiger partial charge >= 0.3 is 6.09 Å². The molecular weight excluding hydrogens is 409 g/mol. The van der Waals surface area contributed by atoms with Crippen molar-refractivity contribution in [2.24, 2.45) is 5.92 Å². The maximum Gasteiger partial charge on any atom is 0.407 e. The molecule has 1 aliphatic rings. The van der Waals surface area contributed by atoms with Crippen LogP contribution in [0.4, 0.5) is 26.6 Å². The van der Waals surface area contributed by atoms with E-state index in [0.29, 0.717) is 23.0 Å². The van der Waals surface area contributed by atoms with Gasteiger partial charge in [-0.1, -0.05) is 18.8 Å². The number of aromatic nitrogens is 2. The second-order valence-electron chi connectivity index (χ2n) is 8.80. The Labute approximate surface area is 188 Å². The quantitative estimate of drug-likeness (QED) is 0.559. The molecular formula is C24H30FN5O2. The summed E-state index contributed by atoms with van der Waals surface area (Å²) < 4.78 is 18.4. The third-order valence-corrected chi connectivity index (χ3v) is 4.70. The summed E-state index contributed by atoms with van der Waals surface area (Å²) in [5.74, 6) is 7.39. The molecule has 1 amide bonds. The molecule has 3 rings (SSSR count). The van der Waals surface area contributed by atoms with Gasteiger partial charge in [-0.15, -0.1) is 0 Å². The zero-order valence-corrected chi connectivity index (χ0v) is 19.0. The van der Waals surface area contributed by atoms with Crippen molar-refractivity contribution in [3.63, 3.8) is 0 Å². The number of carbonyl (C=O) groups excluding carboxylic acids is 1. The van der Waals surface area contributed by atoms with Crippen molar-refractivity contribution in [2.75, 3.05) is 17.2 Å². The lowest BCUT2D eigenvalue weighted by atomic mass is 9.81. The maximum absolute atomic E-state index is 13.1. The van der Waals surface area contributed by atoms with Gasteiger partial charge in [0.1, 0.15) is 17.2 Å². The molecule has 0 bridgehead atoms. The first kappa shape index (κ1) is 23.3.